The molecule has 1 aromatic carbocycles. The summed E-state index contributed by atoms with van der Waals surface area (Å²) >= 11 is 0. The molecular formula is C21H33N3O. The lowest BCUT2D eigenvalue weighted by atomic mass is 9.96. The first-order chi connectivity index (χ1) is 12.2. The number of carbonyl (C=O) groups excluding carboxylic acids is 1. The second kappa shape index (κ2) is 8.81. The van der Waals surface area contributed by atoms with Gasteiger partial charge in [-0.1, -0.05) is 25.5 Å². The number of carbonyl (C=O) groups is 1. The minimum atomic E-state index is 0.296. The van der Waals surface area contributed by atoms with Crippen LogP contribution in [0.5, 0.6) is 0 Å². The Morgan fingerprint density at radius 1 is 1.24 bits per heavy atom. The van der Waals surface area contributed by atoms with Crippen molar-refractivity contribution in [2.75, 3.05) is 37.6 Å². The van der Waals surface area contributed by atoms with Crippen LogP contribution in [0.1, 0.15) is 50.7 Å². The Balaban J connectivity index is 1.67. The van der Waals surface area contributed by atoms with Gasteiger partial charge in [0.1, 0.15) is 0 Å². The molecule has 2 aliphatic heterocycles. The van der Waals surface area contributed by atoms with Gasteiger partial charge in [0.2, 0.25) is 5.91 Å². The van der Waals surface area contributed by atoms with Crippen LogP contribution >= 0.6 is 0 Å². The first-order valence-electron chi connectivity index (χ1n) is 10.1. The largest absolute Gasteiger partial charge is 0.314 e. The minimum Gasteiger partial charge on any atom is -0.314 e. The Hall–Kier alpha value is -1.39. The van der Waals surface area contributed by atoms with Gasteiger partial charge >= 0.3 is 0 Å². The zero-order valence-electron chi connectivity index (χ0n) is 15.9. The summed E-state index contributed by atoms with van der Waals surface area (Å²) in [6, 6.07) is 7.36. The van der Waals surface area contributed by atoms with Gasteiger partial charge in [0.05, 0.1) is 0 Å². The van der Waals surface area contributed by atoms with E-state index in [1.807, 2.05) is 4.90 Å². The van der Waals surface area contributed by atoms with E-state index in [1.165, 1.54) is 11.1 Å². The van der Waals surface area contributed by atoms with E-state index < -0.39 is 0 Å². The van der Waals surface area contributed by atoms with Gasteiger partial charge in [0, 0.05) is 50.9 Å². The summed E-state index contributed by atoms with van der Waals surface area (Å²) < 4.78 is 0. The van der Waals surface area contributed by atoms with Crippen LogP contribution in [-0.4, -0.2) is 49.6 Å². The van der Waals surface area contributed by atoms with Gasteiger partial charge in [0.15, 0.2) is 0 Å². The molecule has 0 aromatic heterocycles. The second-order valence-electron chi connectivity index (χ2n) is 7.55. The van der Waals surface area contributed by atoms with Crippen LogP contribution in [0.2, 0.25) is 0 Å². The van der Waals surface area contributed by atoms with Gasteiger partial charge in [0.25, 0.3) is 0 Å². The van der Waals surface area contributed by atoms with Gasteiger partial charge < -0.3 is 10.2 Å². The van der Waals surface area contributed by atoms with Crippen LogP contribution in [0.15, 0.2) is 18.2 Å². The van der Waals surface area contributed by atoms with E-state index in [2.05, 4.69) is 42.3 Å². The third kappa shape index (κ3) is 4.62. The van der Waals surface area contributed by atoms with Gasteiger partial charge in [-0.15, -0.1) is 0 Å². The summed E-state index contributed by atoms with van der Waals surface area (Å²) in [7, 11) is 0. The van der Waals surface area contributed by atoms with E-state index in [0.29, 0.717) is 18.4 Å². The zero-order chi connectivity index (χ0) is 17.6. The van der Waals surface area contributed by atoms with E-state index in [-0.39, 0.29) is 0 Å². The molecular weight excluding hydrogens is 310 g/mol. The predicted octanol–water partition coefficient (Wildman–Crippen LogP) is 2.99. The zero-order valence-corrected chi connectivity index (χ0v) is 15.9. The smallest absolute Gasteiger partial charge is 0.226 e. The first kappa shape index (κ1) is 18.4. The molecule has 0 aliphatic carbocycles. The van der Waals surface area contributed by atoms with Crippen molar-refractivity contribution in [3.8, 4) is 0 Å². The number of hydrogen-bond acceptors (Lipinski definition) is 3. The number of amides is 1. The number of aryl methyl sites for hydroxylation is 1. The topological polar surface area (TPSA) is 35.6 Å². The van der Waals surface area contributed by atoms with Crippen molar-refractivity contribution >= 4 is 11.6 Å². The van der Waals surface area contributed by atoms with Crippen molar-refractivity contribution in [2.45, 2.75) is 58.4 Å². The Kier molecular flexibility index (Phi) is 6.49. The van der Waals surface area contributed by atoms with E-state index in [1.54, 1.807) is 0 Å². The highest BCUT2D eigenvalue weighted by Gasteiger charge is 2.23. The molecule has 2 heterocycles. The minimum absolute atomic E-state index is 0.296. The van der Waals surface area contributed by atoms with Crippen LogP contribution in [0, 0.1) is 0 Å². The maximum absolute atomic E-state index is 12.5. The summed E-state index contributed by atoms with van der Waals surface area (Å²) in [6.45, 7) is 9.85. The molecule has 1 N–H and O–H groups in total. The number of nitrogens with one attached hydrogen (secondary N) is 1. The van der Waals surface area contributed by atoms with Crippen LogP contribution in [0.3, 0.4) is 0 Å². The monoisotopic (exact) mass is 343 g/mol. The summed E-state index contributed by atoms with van der Waals surface area (Å²) in [5, 5.41) is 3.43. The lowest BCUT2D eigenvalue weighted by Gasteiger charge is -2.33. The third-order valence-corrected chi connectivity index (χ3v) is 5.61. The number of hydrogen-bond donors (Lipinski definition) is 1. The summed E-state index contributed by atoms with van der Waals surface area (Å²) in [6.07, 6.45) is 6.03. The molecule has 1 fully saturated rings. The lowest BCUT2D eigenvalue weighted by Crippen LogP contribution is -2.48. The van der Waals surface area contributed by atoms with Crippen molar-refractivity contribution in [1.82, 2.24) is 10.2 Å². The van der Waals surface area contributed by atoms with Crippen molar-refractivity contribution < 1.29 is 4.79 Å². The van der Waals surface area contributed by atoms with E-state index >= 15 is 0 Å². The average Bonchev–Trinajstić information content (AvgIpc) is 2.66. The van der Waals surface area contributed by atoms with E-state index in [4.69, 9.17) is 0 Å². The fourth-order valence-corrected chi connectivity index (χ4v) is 4.09. The molecule has 138 valence electrons. The Bertz CT molecular complexity index is 581. The van der Waals surface area contributed by atoms with Crippen molar-refractivity contribution in [1.29, 1.82) is 0 Å². The molecule has 0 spiro atoms. The van der Waals surface area contributed by atoms with Crippen molar-refractivity contribution in [2.24, 2.45) is 0 Å². The molecule has 4 heteroatoms. The standard InChI is InChI=1S/C21H33N3O/c1-3-4-7-21(25)24-12-5-6-19-16-18(8-9-20(19)24)15-17(2)23-13-10-22-11-14-23/h8-9,16-17,22H,3-7,10-15H2,1-2H3. The molecule has 1 saturated heterocycles. The first-order valence-corrected chi connectivity index (χ1v) is 10.1. The maximum Gasteiger partial charge on any atom is 0.226 e. The molecule has 1 aromatic rings. The highest BCUT2D eigenvalue weighted by atomic mass is 16.2. The molecule has 0 radical (unpaired) electrons. The number of nitrogens with zero attached hydrogens (tertiary/aromatic N) is 2. The summed E-state index contributed by atoms with van der Waals surface area (Å²) in [5.41, 5.74) is 3.93. The highest BCUT2D eigenvalue weighted by molar-refractivity contribution is 5.94. The van der Waals surface area contributed by atoms with E-state index in [0.717, 1.165) is 70.5 Å². The van der Waals surface area contributed by atoms with Crippen LogP contribution in [0.25, 0.3) is 0 Å². The van der Waals surface area contributed by atoms with Gasteiger partial charge in [-0.25, -0.2) is 0 Å². The Labute approximate surface area is 152 Å². The molecule has 1 amide bonds. The SMILES string of the molecule is CCCCC(=O)N1CCCc2cc(CC(C)N3CCNCC3)ccc21. The molecule has 0 saturated carbocycles. The molecule has 1 unspecified atom stereocenters. The number of rotatable bonds is 6. The van der Waals surface area contributed by atoms with Crippen molar-refractivity contribution in [3.05, 3.63) is 29.3 Å². The van der Waals surface area contributed by atoms with Gasteiger partial charge in [-0.2, -0.15) is 0 Å². The molecule has 1 atom stereocenters. The number of anilines is 1. The van der Waals surface area contributed by atoms with E-state index in [9.17, 15) is 4.79 Å². The van der Waals surface area contributed by atoms with Gasteiger partial charge in [-0.05, 0) is 49.8 Å². The number of fused-ring (bicyclic) bond motifs is 1. The Morgan fingerprint density at radius 3 is 2.80 bits per heavy atom. The fourth-order valence-electron chi connectivity index (χ4n) is 4.09. The summed E-state index contributed by atoms with van der Waals surface area (Å²) in [5.74, 6) is 0.296. The second-order valence-corrected chi connectivity index (χ2v) is 7.55. The average molecular weight is 344 g/mol. The predicted molar refractivity (Wildman–Crippen MR) is 104 cm³/mol. The number of unbranched alkanes of at least 4 members (excludes halogenated alkanes) is 1. The number of piperazine rings is 1. The lowest BCUT2D eigenvalue weighted by molar-refractivity contribution is -0.118. The quantitative estimate of drug-likeness (QED) is 0.862. The van der Waals surface area contributed by atoms with Crippen LogP contribution in [0.4, 0.5) is 5.69 Å². The molecule has 0 bridgehead atoms. The van der Waals surface area contributed by atoms with Gasteiger partial charge in [-0.3, -0.25) is 9.69 Å². The molecule has 2 aliphatic rings. The molecule has 3 rings (SSSR count). The molecule has 4 nitrogen and oxygen atoms in total. The Morgan fingerprint density at radius 2 is 2.04 bits per heavy atom. The normalized spacial score (nSPS) is 19.5. The number of benzene rings is 1. The fraction of sp³-hybridized carbons (Fsp3) is 0.667. The van der Waals surface area contributed by atoms with Crippen LogP contribution < -0.4 is 10.2 Å². The van der Waals surface area contributed by atoms with Crippen molar-refractivity contribution in [3.63, 3.8) is 0 Å². The molecule has 25 heavy (non-hydrogen) atoms. The third-order valence-electron chi connectivity index (χ3n) is 5.61. The highest BCUT2D eigenvalue weighted by Crippen LogP contribution is 2.29. The summed E-state index contributed by atoms with van der Waals surface area (Å²) in [4.78, 5) is 17.1. The van der Waals surface area contributed by atoms with Crippen LogP contribution in [-0.2, 0) is 17.6 Å². The maximum atomic E-state index is 12.5.